The standard InChI is InChI=1S/C19H19N3O3/c20-19(25)17(10-18(23)24)22-11-16(21-12-22)15-8-6-14(7-9-15)13-4-2-1-3-5-13/h1-9,11,17,21H,10,12H2,(H2,20,25)(H,23,24). The number of carbonyl (C=O) groups excluding carboxylic acids is 1. The highest BCUT2D eigenvalue weighted by molar-refractivity contribution is 5.85. The van der Waals surface area contributed by atoms with E-state index in [-0.39, 0.29) is 6.42 Å². The zero-order valence-corrected chi connectivity index (χ0v) is 13.6. The summed E-state index contributed by atoms with van der Waals surface area (Å²) in [6, 6.07) is 17.2. The molecule has 1 aliphatic heterocycles. The molecule has 0 fully saturated rings. The van der Waals surface area contributed by atoms with E-state index in [0.29, 0.717) is 6.67 Å². The Kier molecular flexibility index (Phi) is 4.70. The Morgan fingerprint density at radius 2 is 1.64 bits per heavy atom. The van der Waals surface area contributed by atoms with Gasteiger partial charge in [-0.2, -0.15) is 0 Å². The number of primary amides is 1. The maximum absolute atomic E-state index is 11.5. The van der Waals surface area contributed by atoms with E-state index >= 15 is 0 Å². The van der Waals surface area contributed by atoms with Crippen molar-refractivity contribution in [1.82, 2.24) is 10.2 Å². The molecule has 0 aliphatic carbocycles. The number of nitrogens with two attached hydrogens (primary N) is 1. The Labute approximate surface area is 145 Å². The highest BCUT2D eigenvalue weighted by Crippen LogP contribution is 2.24. The van der Waals surface area contributed by atoms with Crippen LogP contribution in [0.4, 0.5) is 0 Å². The zero-order valence-electron chi connectivity index (χ0n) is 13.6. The van der Waals surface area contributed by atoms with E-state index in [2.05, 4.69) is 5.32 Å². The molecular weight excluding hydrogens is 318 g/mol. The van der Waals surface area contributed by atoms with Crippen molar-refractivity contribution >= 4 is 17.6 Å². The molecule has 6 nitrogen and oxygen atoms in total. The number of hydrogen-bond donors (Lipinski definition) is 3. The molecule has 0 spiro atoms. The number of carboxylic acids is 1. The van der Waals surface area contributed by atoms with Crippen molar-refractivity contribution in [3.8, 4) is 11.1 Å². The van der Waals surface area contributed by atoms with Gasteiger partial charge in [-0.05, 0) is 16.7 Å². The summed E-state index contributed by atoms with van der Waals surface area (Å²) in [5, 5.41) is 12.1. The molecule has 128 valence electrons. The van der Waals surface area contributed by atoms with Crippen molar-refractivity contribution in [2.75, 3.05) is 6.67 Å². The van der Waals surface area contributed by atoms with Gasteiger partial charge in [0.1, 0.15) is 6.04 Å². The smallest absolute Gasteiger partial charge is 0.305 e. The molecule has 1 amide bonds. The van der Waals surface area contributed by atoms with Crippen molar-refractivity contribution in [3.05, 3.63) is 66.4 Å². The van der Waals surface area contributed by atoms with E-state index < -0.39 is 17.9 Å². The van der Waals surface area contributed by atoms with E-state index in [4.69, 9.17) is 10.8 Å². The molecule has 4 N–H and O–H groups in total. The third-order valence-electron chi connectivity index (χ3n) is 4.15. The van der Waals surface area contributed by atoms with Gasteiger partial charge in [0.05, 0.1) is 18.8 Å². The average Bonchev–Trinajstić information content (AvgIpc) is 3.10. The predicted molar refractivity (Wildman–Crippen MR) is 94.9 cm³/mol. The third kappa shape index (κ3) is 3.80. The summed E-state index contributed by atoms with van der Waals surface area (Å²) in [6.45, 7) is 0.344. The largest absolute Gasteiger partial charge is 0.481 e. The molecule has 1 heterocycles. The molecule has 0 saturated heterocycles. The fourth-order valence-electron chi connectivity index (χ4n) is 2.83. The van der Waals surface area contributed by atoms with Gasteiger partial charge in [-0.3, -0.25) is 9.59 Å². The monoisotopic (exact) mass is 337 g/mol. The summed E-state index contributed by atoms with van der Waals surface area (Å²) in [4.78, 5) is 24.1. The predicted octanol–water partition coefficient (Wildman–Crippen LogP) is 1.84. The number of nitrogens with one attached hydrogen (secondary N) is 1. The van der Waals surface area contributed by atoms with Gasteiger partial charge in [0.25, 0.3) is 0 Å². The number of carboxylic acid groups (broad SMARTS) is 1. The Hall–Kier alpha value is -3.28. The minimum atomic E-state index is -1.06. The summed E-state index contributed by atoms with van der Waals surface area (Å²) >= 11 is 0. The van der Waals surface area contributed by atoms with E-state index in [1.807, 2.05) is 54.6 Å². The number of hydrogen-bond acceptors (Lipinski definition) is 4. The second-order valence-corrected chi connectivity index (χ2v) is 5.85. The SMILES string of the molecule is NC(=O)C(CC(=O)O)N1C=C(c2ccc(-c3ccccc3)cc2)NC1. The van der Waals surface area contributed by atoms with Crippen LogP contribution in [0.3, 0.4) is 0 Å². The minimum Gasteiger partial charge on any atom is -0.481 e. The summed E-state index contributed by atoms with van der Waals surface area (Å²) in [6.07, 6.45) is 1.42. The van der Waals surface area contributed by atoms with Crippen LogP contribution >= 0.6 is 0 Å². The van der Waals surface area contributed by atoms with Gasteiger partial charge >= 0.3 is 5.97 Å². The van der Waals surface area contributed by atoms with Crippen LogP contribution in [-0.4, -0.2) is 34.6 Å². The highest BCUT2D eigenvalue weighted by atomic mass is 16.4. The molecule has 25 heavy (non-hydrogen) atoms. The Bertz CT molecular complexity index is 800. The number of benzene rings is 2. The maximum atomic E-state index is 11.5. The lowest BCUT2D eigenvalue weighted by Gasteiger charge is -2.22. The normalized spacial score (nSPS) is 14.6. The van der Waals surface area contributed by atoms with Gasteiger partial charge in [-0.1, -0.05) is 54.6 Å². The van der Waals surface area contributed by atoms with Crippen molar-refractivity contribution in [2.45, 2.75) is 12.5 Å². The van der Waals surface area contributed by atoms with Crippen LogP contribution in [-0.2, 0) is 9.59 Å². The van der Waals surface area contributed by atoms with E-state index in [9.17, 15) is 9.59 Å². The number of nitrogens with zero attached hydrogens (tertiary/aromatic N) is 1. The minimum absolute atomic E-state index is 0.326. The molecule has 0 bridgehead atoms. The number of rotatable bonds is 6. The van der Waals surface area contributed by atoms with E-state index in [1.54, 1.807) is 11.1 Å². The quantitative estimate of drug-likeness (QED) is 0.747. The van der Waals surface area contributed by atoms with Crippen LogP contribution in [0.1, 0.15) is 12.0 Å². The molecule has 6 heteroatoms. The number of amides is 1. The Morgan fingerprint density at radius 1 is 1.04 bits per heavy atom. The molecule has 0 radical (unpaired) electrons. The zero-order chi connectivity index (χ0) is 17.8. The molecular formula is C19H19N3O3. The fraction of sp³-hybridized carbons (Fsp3) is 0.158. The lowest BCUT2D eigenvalue weighted by molar-refractivity contribution is -0.140. The third-order valence-corrected chi connectivity index (χ3v) is 4.15. The second-order valence-electron chi connectivity index (χ2n) is 5.85. The Balaban J connectivity index is 1.78. The summed E-state index contributed by atoms with van der Waals surface area (Å²) in [7, 11) is 0. The van der Waals surface area contributed by atoms with Crippen LogP contribution in [0, 0.1) is 0 Å². The van der Waals surface area contributed by atoms with Crippen LogP contribution in [0.15, 0.2) is 60.8 Å². The van der Waals surface area contributed by atoms with E-state index in [1.165, 1.54) is 0 Å². The molecule has 1 unspecified atom stereocenters. The van der Waals surface area contributed by atoms with Gasteiger partial charge in [0.2, 0.25) is 5.91 Å². The lowest BCUT2D eigenvalue weighted by atomic mass is 10.0. The van der Waals surface area contributed by atoms with Gasteiger partial charge in [-0.25, -0.2) is 0 Å². The average molecular weight is 337 g/mol. The fourth-order valence-corrected chi connectivity index (χ4v) is 2.83. The van der Waals surface area contributed by atoms with Crippen LogP contribution in [0.5, 0.6) is 0 Å². The van der Waals surface area contributed by atoms with Gasteiger partial charge in [0.15, 0.2) is 0 Å². The number of carbonyl (C=O) groups is 2. The molecule has 2 aromatic rings. The van der Waals surface area contributed by atoms with Gasteiger partial charge in [-0.15, -0.1) is 0 Å². The van der Waals surface area contributed by atoms with Gasteiger partial charge < -0.3 is 21.1 Å². The van der Waals surface area contributed by atoms with Crippen molar-refractivity contribution in [1.29, 1.82) is 0 Å². The molecule has 0 aromatic heterocycles. The molecule has 1 atom stereocenters. The molecule has 0 saturated carbocycles. The van der Waals surface area contributed by atoms with Crippen molar-refractivity contribution < 1.29 is 14.7 Å². The first kappa shape index (κ1) is 16.6. The first-order valence-corrected chi connectivity index (χ1v) is 7.93. The van der Waals surface area contributed by atoms with Crippen LogP contribution < -0.4 is 11.1 Å². The van der Waals surface area contributed by atoms with Crippen molar-refractivity contribution in [2.24, 2.45) is 5.73 Å². The van der Waals surface area contributed by atoms with Gasteiger partial charge in [0, 0.05) is 6.20 Å². The van der Waals surface area contributed by atoms with Crippen LogP contribution in [0.2, 0.25) is 0 Å². The molecule has 3 rings (SSSR count). The molecule has 2 aromatic carbocycles. The van der Waals surface area contributed by atoms with Crippen LogP contribution in [0.25, 0.3) is 16.8 Å². The Morgan fingerprint density at radius 3 is 2.24 bits per heavy atom. The summed E-state index contributed by atoms with van der Waals surface area (Å²) < 4.78 is 0. The maximum Gasteiger partial charge on any atom is 0.305 e. The lowest BCUT2D eigenvalue weighted by Crippen LogP contribution is -2.43. The second kappa shape index (κ2) is 7.09. The number of aliphatic carboxylic acids is 1. The summed E-state index contributed by atoms with van der Waals surface area (Å²) in [5.74, 6) is -1.71. The molecule has 1 aliphatic rings. The topological polar surface area (TPSA) is 95.7 Å². The first-order chi connectivity index (χ1) is 12.0. The van der Waals surface area contributed by atoms with Crippen molar-refractivity contribution in [3.63, 3.8) is 0 Å². The first-order valence-electron chi connectivity index (χ1n) is 7.93. The summed E-state index contributed by atoms with van der Waals surface area (Å²) in [5.41, 5.74) is 9.37. The highest BCUT2D eigenvalue weighted by Gasteiger charge is 2.27. The van der Waals surface area contributed by atoms with E-state index in [0.717, 1.165) is 22.4 Å².